The fraction of sp³-hybridized carbons (Fsp3) is 0.952. The Kier molecular flexibility index (Phi) is 21.6. The van der Waals surface area contributed by atoms with Gasteiger partial charge in [-0.2, -0.15) is 0 Å². The van der Waals surface area contributed by atoms with Crippen molar-refractivity contribution in [2.24, 2.45) is 0 Å². The average Bonchev–Trinajstić information content (AvgIpc) is 2.63. The molecule has 0 N–H and O–H groups in total. The molecule has 0 aliphatic heterocycles. The Hall–Kier alpha value is 0.160. The molecule has 3 nitrogen and oxygen atoms in total. The number of hydrogen-bond acceptors (Lipinski definition) is 3. The number of thiocarbonyl (C=S) groups is 1. The van der Waals surface area contributed by atoms with Crippen LogP contribution in [0.2, 0.25) is 0 Å². The van der Waals surface area contributed by atoms with E-state index in [1.165, 1.54) is 70.6 Å². The highest BCUT2D eigenvalue weighted by Gasteiger charge is 2.05. The van der Waals surface area contributed by atoms with E-state index in [0.29, 0.717) is 24.1 Å². The number of rotatable bonds is 20. The number of nitrogens with zero attached hydrogens (tertiary/aromatic N) is 1. The molecule has 0 fully saturated rings. The van der Waals surface area contributed by atoms with Gasteiger partial charge in [0.15, 0.2) is 0 Å². The number of hydrogen-bond donors (Lipinski definition) is 1. The minimum absolute atomic E-state index is 0.662. The smallest absolute Gasteiger partial charge is 0.133 e. The molecule has 0 bridgehead atoms. The zero-order chi connectivity index (χ0) is 19.3. The van der Waals surface area contributed by atoms with Crippen molar-refractivity contribution in [1.29, 1.82) is 0 Å². The average molecular weight is 406 g/mol. The molecular formula is C21H43NO2S2. The second-order valence-corrected chi connectivity index (χ2v) is 8.14. The third kappa shape index (κ3) is 18.9. The van der Waals surface area contributed by atoms with Crippen LogP contribution in [0, 0.1) is 0 Å². The van der Waals surface area contributed by atoms with Crippen LogP contribution in [0.4, 0.5) is 0 Å². The van der Waals surface area contributed by atoms with E-state index in [1.54, 1.807) is 0 Å². The summed E-state index contributed by atoms with van der Waals surface area (Å²) in [5, 5.41) is 0. The van der Waals surface area contributed by atoms with Gasteiger partial charge >= 0.3 is 0 Å². The van der Waals surface area contributed by atoms with Gasteiger partial charge in [-0.3, -0.25) is 0 Å². The second kappa shape index (κ2) is 21.5. The van der Waals surface area contributed by atoms with Gasteiger partial charge in [0.25, 0.3) is 0 Å². The molecule has 0 amide bonds. The van der Waals surface area contributed by atoms with Crippen LogP contribution in [0.25, 0.3) is 0 Å². The third-order valence-electron chi connectivity index (χ3n) is 4.57. The summed E-state index contributed by atoms with van der Waals surface area (Å²) >= 11 is 9.60. The van der Waals surface area contributed by atoms with Gasteiger partial charge in [-0.25, -0.2) is 0 Å². The topological polar surface area (TPSA) is 21.7 Å². The molecule has 0 atom stereocenters. The number of ether oxygens (including phenoxy) is 2. The monoisotopic (exact) mass is 405 g/mol. The van der Waals surface area contributed by atoms with E-state index in [0.717, 1.165) is 26.1 Å². The first-order chi connectivity index (χ1) is 12.7. The summed E-state index contributed by atoms with van der Waals surface area (Å²) in [7, 11) is 0. The molecule has 156 valence electrons. The highest BCUT2D eigenvalue weighted by Crippen LogP contribution is 2.11. The summed E-state index contributed by atoms with van der Waals surface area (Å²) in [5.74, 6) is 0. The Labute approximate surface area is 174 Å². The summed E-state index contributed by atoms with van der Waals surface area (Å²) in [6.07, 6.45) is 15.9. The quantitative estimate of drug-likeness (QED) is 0.147. The Morgan fingerprint density at radius 3 is 1.69 bits per heavy atom. The largest absolute Gasteiger partial charge is 0.379 e. The fourth-order valence-corrected chi connectivity index (χ4v) is 3.22. The lowest BCUT2D eigenvalue weighted by atomic mass is 10.1. The maximum absolute atomic E-state index is 5.63. The van der Waals surface area contributed by atoms with Gasteiger partial charge in [-0.15, -0.1) is 12.6 Å². The van der Waals surface area contributed by atoms with Crippen molar-refractivity contribution in [1.82, 2.24) is 4.90 Å². The molecule has 0 saturated carbocycles. The first kappa shape index (κ1) is 26.2. The molecule has 0 radical (unpaired) electrons. The van der Waals surface area contributed by atoms with Crippen LogP contribution in [0.1, 0.15) is 90.9 Å². The maximum Gasteiger partial charge on any atom is 0.133 e. The van der Waals surface area contributed by atoms with Crippen LogP contribution in [0.3, 0.4) is 0 Å². The fourth-order valence-electron chi connectivity index (χ4n) is 2.84. The lowest BCUT2D eigenvalue weighted by Crippen LogP contribution is -2.31. The van der Waals surface area contributed by atoms with Crippen LogP contribution in [0.5, 0.6) is 0 Å². The van der Waals surface area contributed by atoms with Crippen LogP contribution in [-0.4, -0.2) is 48.7 Å². The Bertz CT molecular complexity index is 304. The Morgan fingerprint density at radius 1 is 0.654 bits per heavy atom. The summed E-state index contributed by atoms with van der Waals surface area (Å²) in [6.45, 7) is 9.14. The summed E-state index contributed by atoms with van der Waals surface area (Å²) in [5.41, 5.74) is 0. The van der Waals surface area contributed by atoms with Crippen molar-refractivity contribution in [3.8, 4) is 0 Å². The van der Waals surface area contributed by atoms with E-state index in [-0.39, 0.29) is 0 Å². The Morgan fingerprint density at radius 2 is 1.15 bits per heavy atom. The summed E-state index contributed by atoms with van der Waals surface area (Å²) in [6, 6.07) is 0. The van der Waals surface area contributed by atoms with Crippen LogP contribution in [0.15, 0.2) is 0 Å². The van der Waals surface area contributed by atoms with Crippen molar-refractivity contribution in [2.75, 3.05) is 39.5 Å². The van der Waals surface area contributed by atoms with Crippen molar-refractivity contribution in [2.45, 2.75) is 90.9 Å². The molecule has 0 aliphatic carbocycles. The molecule has 0 aromatic carbocycles. The van der Waals surface area contributed by atoms with Crippen LogP contribution >= 0.6 is 24.8 Å². The van der Waals surface area contributed by atoms with Gasteiger partial charge in [-0.05, 0) is 12.8 Å². The predicted octanol–water partition coefficient (Wildman–Crippen LogP) is 6.26. The van der Waals surface area contributed by atoms with E-state index in [1.807, 2.05) is 0 Å². The molecule has 0 unspecified atom stereocenters. The maximum atomic E-state index is 5.63. The molecule has 0 heterocycles. The molecule has 0 rings (SSSR count). The van der Waals surface area contributed by atoms with Crippen molar-refractivity contribution >= 4 is 29.2 Å². The lowest BCUT2D eigenvalue weighted by molar-refractivity contribution is 0.0431. The highest BCUT2D eigenvalue weighted by atomic mass is 32.1. The molecule has 0 aliphatic rings. The SMILES string of the molecule is CCCCCCCCCCCCN(CCOCCOCCCC)C(=S)S. The lowest BCUT2D eigenvalue weighted by Gasteiger charge is -2.22. The first-order valence-corrected chi connectivity index (χ1v) is 11.7. The van der Waals surface area contributed by atoms with Crippen molar-refractivity contribution in [3.05, 3.63) is 0 Å². The van der Waals surface area contributed by atoms with E-state index < -0.39 is 0 Å². The number of thiol groups is 1. The third-order valence-corrected chi connectivity index (χ3v) is 5.11. The summed E-state index contributed by atoms with van der Waals surface area (Å²) < 4.78 is 11.8. The molecular weight excluding hydrogens is 362 g/mol. The normalized spacial score (nSPS) is 11.0. The second-order valence-electron chi connectivity index (χ2n) is 7.03. The van der Waals surface area contributed by atoms with Gasteiger partial charge in [-0.1, -0.05) is 90.3 Å². The summed E-state index contributed by atoms with van der Waals surface area (Å²) in [4.78, 5) is 2.15. The van der Waals surface area contributed by atoms with E-state index >= 15 is 0 Å². The van der Waals surface area contributed by atoms with Gasteiger partial charge in [0.05, 0.1) is 19.8 Å². The van der Waals surface area contributed by atoms with E-state index in [4.69, 9.17) is 21.7 Å². The van der Waals surface area contributed by atoms with Gasteiger partial charge in [0.1, 0.15) is 4.32 Å². The van der Waals surface area contributed by atoms with E-state index in [2.05, 4.69) is 31.4 Å². The Balaban J connectivity index is 3.46. The van der Waals surface area contributed by atoms with Crippen molar-refractivity contribution < 1.29 is 9.47 Å². The van der Waals surface area contributed by atoms with Crippen LogP contribution in [-0.2, 0) is 9.47 Å². The molecule has 5 heteroatoms. The predicted molar refractivity (Wildman–Crippen MR) is 122 cm³/mol. The zero-order valence-corrected chi connectivity index (χ0v) is 19.1. The standard InChI is InChI=1S/C21H43NO2S2/c1-3-5-7-8-9-10-11-12-13-14-15-22(21(25)26)16-18-24-20-19-23-17-6-4-2/h3-20H2,1-2H3,(H,25,26). The van der Waals surface area contributed by atoms with Gasteiger partial charge in [0.2, 0.25) is 0 Å². The van der Waals surface area contributed by atoms with E-state index in [9.17, 15) is 0 Å². The number of unbranched alkanes of at least 4 members (excludes halogenated alkanes) is 10. The zero-order valence-electron chi connectivity index (χ0n) is 17.3. The molecule has 0 aromatic rings. The minimum atomic E-state index is 0.662. The van der Waals surface area contributed by atoms with Gasteiger partial charge in [0, 0.05) is 19.7 Å². The molecule has 26 heavy (non-hydrogen) atoms. The molecule has 0 spiro atoms. The molecule has 0 saturated heterocycles. The molecule has 0 aromatic heterocycles. The minimum Gasteiger partial charge on any atom is -0.379 e. The highest BCUT2D eigenvalue weighted by molar-refractivity contribution is 8.10. The first-order valence-electron chi connectivity index (χ1n) is 10.9. The van der Waals surface area contributed by atoms with Crippen molar-refractivity contribution in [3.63, 3.8) is 0 Å². The van der Waals surface area contributed by atoms with Crippen LogP contribution < -0.4 is 0 Å². The van der Waals surface area contributed by atoms with Gasteiger partial charge < -0.3 is 14.4 Å².